The topological polar surface area (TPSA) is 20.3 Å². The summed E-state index contributed by atoms with van der Waals surface area (Å²) in [5.74, 6) is 0.199. The quantitative estimate of drug-likeness (QED) is 0.673. The number of carbonyl (C=O) groups excluding carboxylic acids is 1. The summed E-state index contributed by atoms with van der Waals surface area (Å²) < 4.78 is 0. The second-order valence-corrected chi connectivity index (χ2v) is 4.58. The fraction of sp³-hybridized carbons (Fsp3) is 0.417. The van der Waals surface area contributed by atoms with Gasteiger partial charge in [0.2, 0.25) is 0 Å². The number of ketones is 1. The number of fused-ring (bicyclic) bond motifs is 1. The zero-order chi connectivity index (χ0) is 11.0. The van der Waals surface area contributed by atoms with Gasteiger partial charge in [0.05, 0.1) is 6.54 Å². The Balaban J connectivity index is 2.49. The maximum Gasteiger partial charge on any atom is 0.177 e. The summed E-state index contributed by atoms with van der Waals surface area (Å²) in [5, 5.41) is 0.756. The van der Waals surface area contributed by atoms with Crippen LogP contribution < -0.4 is 0 Å². The van der Waals surface area contributed by atoms with Crippen LogP contribution in [0.25, 0.3) is 0 Å². The van der Waals surface area contributed by atoms with Crippen molar-refractivity contribution in [3.63, 3.8) is 0 Å². The van der Waals surface area contributed by atoms with E-state index in [0.717, 1.165) is 34.7 Å². The number of Topliss-reactive ketones (excluding diaryl/α,β-unsaturated/α-hetero) is 1. The van der Waals surface area contributed by atoms with Gasteiger partial charge in [-0.25, -0.2) is 0 Å². The minimum atomic E-state index is 0.199. The van der Waals surface area contributed by atoms with E-state index in [1.165, 1.54) is 0 Å². The molecule has 0 bridgehead atoms. The molecule has 0 N–H and O–H groups in total. The van der Waals surface area contributed by atoms with Crippen molar-refractivity contribution in [3.8, 4) is 0 Å². The number of halogens is 1. The fourth-order valence-electron chi connectivity index (χ4n) is 1.91. The average Bonchev–Trinajstić information content (AvgIpc) is 2.30. The molecule has 2 rings (SSSR count). The van der Waals surface area contributed by atoms with Crippen LogP contribution in [0.15, 0.2) is 12.1 Å². The molecule has 0 atom stereocenters. The Kier molecular flexibility index (Phi) is 2.81. The third-order valence-corrected chi connectivity index (χ3v) is 3.27. The molecule has 1 aromatic rings. The van der Waals surface area contributed by atoms with E-state index in [0.29, 0.717) is 6.54 Å². The monoisotopic (exact) mass is 223 g/mol. The van der Waals surface area contributed by atoms with Crippen molar-refractivity contribution in [3.05, 3.63) is 33.8 Å². The van der Waals surface area contributed by atoms with E-state index in [-0.39, 0.29) is 5.78 Å². The average molecular weight is 224 g/mol. The van der Waals surface area contributed by atoms with Crippen LogP contribution in [0.3, 0.4) is 0 Å². The second kappa shape index (κ2) is 3.95. The molecule has 80 valence electrons. The second-order valence-electron chi connectivity index (χ2n) is 4.17. The third-order valence-electron chi connectivity index (χ3n) is 2.86. The lowest BCUT2D eigenvalue weighted by Crippen LogP contribution is -2.24. The highest BCUT2D eigenvalue weighted by atomic mass is 35.5. The molecule has 15 heavy (non-hydrogen) atoms. The number of carbonyl (C=O) groups is 1. The number of benzene rings is 1. The van der Waals surface area contributed by atoms with Gasteiger partial charge < -0.3 is 0 Å². The van der Waals surface area contributed by atoms with Gasteiger partial charge in [-0.1, -0.05) is 11.6 Å². The predicted octanol–water partition coefficient (Wildman–Crippen LogP) is 2.32. The van der Waals surface area contributed by atoms with Crippen LogP contribution in [0.2, 0.25) is 5.02 Å². The Morgan fingerprint density at radius 1 is 1.40 bits per heavy atom. The van der Waals surface area contributed by atoms with Crippen LogP contribution in [0.5, 0.6) is 0 Å². The highest BCUT2D eigenvalue weighted by Gasteiger charge is 2.19. The first-order valence-corrected chi connectivity index (χ1v) is 5.46. The molecule has 0 unspecified atom stereocenters. The molecule has 0 aliphatic carbocycles. The van der Waals surface area contributed by atoms with Gasteiger partial charge >= 0.3 is 0 Å². The van der Waals surface area contributed by atoms with Crippen molar-refractivity contribution in [2.24, 2.45) is 0 Å². The lowest BCUT2D eigenvalue weighted by molar-refractivity contribution is 0.0954. The first kappa shape index (κ1) is 10.7. The van der Waals surface area contributed by atoms with E-state index in [2.05, 4.69) is 0 Å². The van der Waals surface area contributed by atoms with Crippen molar-refractivity contribution >= 4 is 17.4 Å². The van der Waals surface area contributed by atoms with Crippen molar-refractivity contribution < 1.29 is 4.79 Å². The third kappa shape index (κ3) is 2.06. The zero-order valence-electron chi connectivity index (χ0n) is 9.01. The lowest BCUT2D eigenvalue weighted by atomic mass is 10.00. The molecule has 0 aromatic heterocycles. The van der Waals surface area contributed by atoms with E-state index in [4.69, 9.17) is 11.6 Å². The van der Waals surface area contributed by atoms with Crippen LogP contribution in [0.4, 0.5) is 0 Å². The van der Waals surface area contributed by atoms with Crippen molar-refractivity contribution in [2.45, 2.75) is 13.3 Å². The number of aryl methyl sites for hydroxylation is 1. The summed E-state index contributed by atoms with van der Waals surface area (Å²) >= 11 is 6.06. The summed E-state index contributed by atoms with van der Waals surface area (Å²) in [6, 6.07) is 3.85. The van der Waals surface area contributed by atoms with E-state index < -0.39 is 0 Å². The number of hydrogen-bond donors (Lipinski definition) is 0. The first-order valence-electron chi connectivity index (χ1n) is 5.08. The number of hydrogen-bond acceptors (Lipinski definition) is 2. The maximum atomic E-state index is 11.9. The van der Waals surface area contributed by atoms with Gasteiger partial charge in [-0.05, 0) is 43.7 Å². The molecule has 3 heteroatoms. The van der Waals surface area contributed by atoms with Gasteiger partial charge in [-0.3, -0.25) is 9.69 Å². The van der Waals surface area contributed by atoms with Gasteiger partial charge in [0.1, 0.15) is 0 Å². The Labute approximate surface area is 94.8 Å². The van der Waals surface area contributed by atoms with Gasteiger partial charge in [-0.15, -0.1) is 0 Å². The molecule has 0 saturated carbocycles. The van der Waals surface area contributed by atoms with Crippen LogP contribution >= 0.6 is 11.6 Å². The summed E-state index contributed by atoms with van der Waals surface area (Å²) in [6.45, 7) is 3.36. The molecule has 0 saturated heterocycles. The van der Waals surface area contributed by atoms with E-state index in [1.54, 1.807) is 0 Å². The number of likely N-dealkylation sites (N-methyl/N-ethyl adjacent to an activating group) is 1. The molecule has 0 spiro atoms. The first-order chi connectivity index (χ1) is 7.08. The molecule has 0 radical (unpaired) electrons. The Hall–Kier alpha value is -0.860. The molecule has 2 nitrogen and oxygen atoms in total. The summed E-state index contributed by atoms with van der Waals surface area (Å²) in [6.07, 6.45) is 0.900. The van der Waals surface area contributed by atoms with Crippen molar-refractivity contribution in [2.75, 3.05) is 20.1 Å². The smallest absolute Gasteiger partial charge is 0.177 e. The maximum absolute atomic E-state index is 11.9. The van der Waals surface area contributed by atoms with E-state index in [9.17, 15) is 4.79 Å². The Bertz CT molecular complexity index is 414. The van der Waals surface area contributed by atoms with Crippen molar-refractivity contribution in [1.82, 2.24) is 4.90 Å². The summed E-state index contributed by atoms with van der Waals surface area (Å²) in [5.41, 5.74) is 2.91. The highest BCUT2D eigenvalue weighted by molar-refractivity contribution is 6.31. The molecule has 1 heterocycles. The van der Waals surface area contributed by atoms with Gasteiger partial charge in [0.15, 0.2) is 5.78 Å². The number of rotatable bonds is 0. The zero-order valence-corrected chi connectivity index (χ0v) is 9.77. The van der Waals surface area contributed by atoms with E-state index >= 15 is 0 Å². The summed E-state index contributed by atoms with van der Waals surface area (Å²) in [4.78, 5) is 13.9. The highest BCUT2D eigenvalue weighted by Crippen LogP contribution is 2.23. The van der Waals surface area contributed by atoms with E-state index in [1.807, 2.05) is 31.0 Å². The minimum Gasteiger partial charge on any atom is -0.299 e. The van der Waals surface area contributed by atoms with Crippen molar-refractivity contribution in [1.29, 1.82) is 0 Å². The largest absolute Gasteiger partial charge is 0.299 e. The molecule has 1 aromatic carbocycles. The minimum absolute atomic E-state index is 0.199. The van der Waals surface area contributed by atoms with Gasteiger partial charge in [0, 0.05) is 17.1 Å². The van der Waals surface area contributed by atoms with Crippen LogP contribution in [0.1, 0.15) is 21.5 Å². The molecule has 0 fully saturated rings. The fourth-order valence-corrected chi connectivity index (χ4v) is 2.10. The SMILES string of the molecule is Cc1cc2c(cc1Cl)CCN(C)CC2=O. The normalized spacial score (nSPS) is 17.4. The number of nitrogens with zero attached hydrogens (tertiary/aromatic N) is 1. The molecule has 0 amide bonds. The Morgan fingerprint density at radius 2 is 2.13 bits per heavy atom. The van der Waals surface area contributed by atoms with Crippen LogP contribution in [-0.4, -0.2) is 30.8 Å². The van der Waals surface area contributed by atoms with Gasteiger partial charge in [0.25, 0.3) is 0 Å². The van der Waals surface area contributed by atoms with Crippen LogP contribution in [0, 0.1) is 6.92 Å². The molecular weight excluding hydrogens is 210 g/mol. The molecule has 1 aliphatic rings. The predicted molar refractivity (Wildman–Crippen MR) is 61.7 cm³/mol. The molecular formula is C12H14ClNO. The summed E-state index contributed by atoms with van der Waals surface area (Å²) in [7, 11) is 1.97. The lowest BCUT2D eigenvalue weighted by Gasteiger charge is -2.09. The Morgan fingerprint density at radius 3 is 2.87 bits per heavy atom. The standard InChI is InChI=1S/C12H14ClNO/c1-8-5-10-9(6-11(8)13)3-4-14(2)7-12(10)15/h5-6H,3-4,7H2,1-2H3. The molecule has 1 aliphatic heterocycles. The van der Waals surface area contributed by atoms with Gasteiger partial charge in [-0.2, -0.15) is 0 Å². The van der Waals surface area contributed by atoms with Crippen LogP contribution in [-0.2, 0) is 6.42 Å².